The number of rotatable bonds is 7. The Morgan fingerprint density at radius 2 is 1.13 bits per heavy atom. The van der Waals surface area contributed by atoms with Crippen molar-refractivity contribution in [1.82, 2.24) is 14.5 Å². The zero-order chi connectivity index (χ0) is 36.6. The van der Waals surface area contributed by atoms with E-state index < -0.39 is 0 Å². The summed E-state index contributed by atoms with van der Waals surface area (Å²) >= 11 is 0. The van der Waals surface area contributed by atoms with E-state index in [1.54, 1.807) is 6.07 Å². The van der Waals surface area contributed by atoms with Crippen molar-refractivity contribution < 1.29 is 5.11 Å². The lowest BCUT2D eigenvalue weighted by Crippen LogP contribution is -1.99. The first-order valence-electron chi connectivity index (χ1n) is 18.2. The number of aromatic nitrogens is 3. The van der Waals surface area contributed by atoms with Crippen LogP contribution in [0.2, 0.25) is 0 Å². The predicted octanol–water partition coefficient (Wildman–Crippen LogP) is 12.7. The Bertz CT molecular complexity index is 2780. The summed E-state index contributed by atoms with van der Waals surface area (Å²) in [5.74, 6) is 0.857. The molecule has 9 rings (SSSR count). The second kappa shape index (κ2) is 13.8. The number of nitrogens with zero attached hydrogens (tertiary/aromatic N) is 3. The van der Waals surface area contributed by atoms with Crippen molar-refractivity contribution in [3.63, 3.8) is 0 Å². The molecule has 2 aromatic heterocycles. The molecule has 7 aromatic carbocycles. The van der Waals surface area contributed by atoms with Crippen LogP contribution >= 0.6 is 0 Å². The molecular formula is C50H37N3O. The first-order valence-corrected chi connectivity index (χ1v) is 18.2. The van der Waals surface area contributed by atoms with Gasteiger partial charge in [-0.2, -0.15) is 0 Å². The third kappa shape index (κ3) is 6.14. The van der Waals surface area contributed by atoms with E-state index >= 15 is 0 Å². The molecule has 0 bridgehead atoms. The number of imidazole rings is 1. The van der Waals surface area contributed by atoms with Crippen molar-refractivity contribution in [3.8, 4) is 78.6 Å². The molecule has 0 aliphatic carbocycles. The third-order valence-electron chi connectivity index (χ3n) is 10.2. The van der Waals surface area contributed by atoms with E-state index in [1.165, 1.54) is 16.7 Å². The highest BCUT2D eigenvalue weighted by Crippen LogP contribution is 2.40. The molecule has 0 fully saturated rings. The standard InChI is InChI=1S/C50H37N3O/c1-33-20-22-36(23-21-33)38-26-27-51-46(32-38)41-30-39(35-12-5-3-6-13-35)29-40(31-41)44-17-11-18-47-49(44)52-50(45-16-9-10-19-48(45)54)53(47)42-24-25-43(34(2)28-42)37-14-7-4-8-15-37/h3-32,54H,1-2H3. The minimum Gasteiger partial charge on any atom is -0.507 e. The van der Waals surface area contributed by atoms with Gasteiger partial charge in [0.25, 0.3) is 0 Å². The number of phenolic OH excluding ortho intramolecular Hbond substituents is 1. The SMILES string of the molecule is Cc1ccc(-c2ccnc(-c3cc(-c4ccccc4)cc(-c4cccc5c4nc(-c4ccccc4O)n5-c4ccc(-c5ccccc5)c(C)c4)c3)c2)cc1. The maximum Gasteiger partial charge on any atom is 0.149 e. The Morgan fingerprint density at radius 1 is 0.463 bits per heavy atom. The van der Waals surface area contributed by atoms with Gasteiger partial charge >= 0.3 is 0 Å². The number of aryl methyl sites for hydroxylation is 2. The first-order chi connectivity index (χ1) is 26.5. The summed E-state index contributed by atoms with van der Waals surface area (Å²) in [6.07, 6.45) is 1.89. The van der Waals surface area contributed by atoms with E-state index in [1.807, 2.05) is 36.5 Å². The third-order valence-corrected chi connectivity index (χ3v) is 10.2. The van der Waals surface area contributed by atoms with E-state index in [0.29, 0.717) is 11.4 Å². The van der Waals surface area contributed by atoms with Gasteiger partial charge in [-0.1, -0.05) is 121 Å². The summed E-state index contributed by atoms with van der Waals surface area (Å²) in [5, 5.41) is 11.2. The van der Waals surface area contributed by atoms with Crippen molar-refractivity contribution in [2.75, 3.05) is 0 Å². The van der Waals surface area contributed by atoms with Gasteiger partial charge in [0, 0.05) is 23.0 Å². The molecular weight excluding hydrogens is 659 g/mol. The van der Waals surface area contributed by atoms with Crippen LogP contribution in [0.1, 0.15) is 11.1 Å². The fourth-order valence-corrected chi connectivity index (χ4v) is 7.41. The quantitative estimate of drug-likeness (QED) is 0.181. The molecule has 0 saturated heterocycles. The van der Waals surface area contributed by atoms with E-state index in [2.05, 4.69) is 158 Å². The van der Waals surface area contributed by atoms with Crippen LogP contribution in [0.15, 0.2) is 182 Å². The number of para-hydroxylation sites is 2. The number of hydrogen-bond donors (Lipinski definition) is 1. The molecule has 54 heavy (non-hydrogen) atoms. The van der Waals surface area contributed by atoms with Crippen molar-refractivity contribution in [3.05, 3.63) is 193 Å². The highest BCUT2D eigenvalue weighted by atomic mass is 16.3. The molecule has 0 atom stereocenters. The highest BCUT2D eigenvalue weighted by molar-refractivity contribution is 5.97. The maximum atomic E-state index is 11.2. The molecule has 258 valence electrons. The summed E-state index contributed by atoms with van der Waals surface area (Å²) in [6.45, 7) is 4.25. The Kier molecular flexibility index (Phi) is 8.41. The van der Waals surface area contributed by atoms with Gasteiger partial charge in [0.2, 0.25) is 0 Å². The molecule has 0 aliphatic rings. The zero-order valence-corrected chi connectivity index (χ0v) is 30.1. The molecule has 0 saturated carbocycles. The van der Waals surface area contributed by atoms with Gasteiger partial charge < -0.3 is 5.11 Å². The Hall–Kier alpha value is -7.04. The van der Waals surface area contributed by atoms with E-state index in [-0.39, 0.29) is 5.75 Å². The van der Waals surface area contributed by atoms with Crippen LogP contribution in [0, 0.1) is 13.8 Å². The van der Waals surface area contributed by atoms with Gasteiger partial charge in [0.1, 0.15) is 11.6 Å². The lowest BCUT2D eigenvalue weighted by Gasteiger charge is -2.14. The number of hydrogen-bond acceptors (Lipinski definition) is 3. The van der Waals surface area contributed by atoms with Crippen LogP contribution in [0.5, 0.6) is 5.75 Å². The fourth-order valence-electron chi connectivity index (χ4n) is 7.41. The fraction of sp³-hybridized carbons (Fsp3) is 0.0400. The molecule has 2 heterocycles. The number of pyridine rings is 1. The maximum absolute atomic E-state index is 11.2. The lowest BCUT2D eigenvalue weighted by molar-refractivity contribution is 0.477. The van der Waals surface area contributed by atoms with E-state index in [4.69, 9.17) is 9.97 Å². The van der Waals surface area contributed by atoms with E-state index in [0.717, 1.165) is 66.9 Å². The smallest absolute Gasteiger partial charge is 0.149 e. The van der Waals surface area contributed by atoms with Crippen molar-refractivity contribution in [1.29, 1.82) is 0 Å². The van der Waals surface area contributed by atoms with Crippen LogP contribution in [-0.2, 0) is 0 Å². The van der Waals surface area contributed by atoms with Gasteiger partial charge in [0.15, 0.2) is 0 Å². The first kappa shape index (κ1) is 32.8. The largest absolute Gasteiger partial charge is 0.507 e. The molecule has 4 heteroatoms. The molecule has 9 aromatic rings. The predicted molar refractivity (Wildman–Crippen MR) is 223 cm³/mol. The number of aromatic hydroxyl groups is 1. The molecule has 0 amide bonds. The summed E-state index contributed by atoms with van der Waals surface area (Å²) < 4.78 is 2.17. The second-order valence-electron chi connectivity index (χ2n) is 13.8. The van der Waals surface area contributed by atoms with Crippen LogP contribution in [0.25, 0.3) is 83.9 Å². The average Bonchev–Trinajstić information content (AvgIpc) is 3.61. The average molecular weight is 696 g/mol. The van der Waals surface area contributed by atoms with Crippen molar-refractivity contribution in [2.24, 2.45) is 0 Å². The van der Waals surface area contributed by atoms with Crippen molar-refractivity contribution >= 4 is 11.0 Å². The molecule has 4 nitrogen and oxygen atoms in total. The molecule has 1 N–H and O–H groups in total. The Balaban J connectivity index is 1.25. The molecule has 0 spiro atoms. The number of fused-ring (bicyclic) bond motifs is 1. The Labute approximate surface area is 315 Å². The summed E-state index contributed by atoms with van der Waals surface area (Å²) in [7, 11) is 0. The molecule has 0 radical (unpaired) electrons. The lowest BCUT2D eigenvalue weighted by atomic mass is 9.93. The monoisotopic (exact) mass is 695 g/mol. The topological polar surface area (TPSA) is 50.9 Å². The van der Waals surface area contributed by atoms with Gasteiger partial charge in [-0.05, 0) is 119 Å². The minimum absolute atomic E-state index is 0.182. The van der Waals surface area contributed by atoms with Crippen LogP contribution in [0.3, 0.4) is 0 Å². The van der Waals surface area contributed by atoms with Crippen LogP contribution in [0.4, 0.5) is 0 Å². The Morgan fingerprint density at radius 3 is 1.89 bits per heavy atom. The summed E-state index contributed by atoms with van der Waals surface area (Å²) in [6, 6.07) is 60.8. The highest BCUT2D eigenvalue weighted by Gasteiger charge is 2.21. The van der Waals surface area contributed by atoms with Gasteiger partial charge in [0.05, 0.1) is 22.3 Å². The molecule has 0 unspecified atom stereocenters. The van der Waals surface area contributed by atoms with Gasteiger partial charge in [-0.15, -0.1) is 0 Å². The van der Waals surface area contributed by atoms with Crippen LogP contribution in [-0.4, -0.2) is 19.6 Å². The molecule has 0 aliphatic heterocycles. The van der Waals surface area contributed by atoms with E-state index in [9.17, 15) is 5.11 Å². The second-order valence-corrected chi connectivity index (χ2v) is 13.8. The number of benzene rings is 7. The summed E-state index contributed by atoms with van der Waals surface area (Å²) in [5.41, 5.74) is 16.6. The van der Waals surface area contributed by atoms with Crippen molar-refractivity contribution in [2.45, 2.75) is 13.8 Å². The van der Waals surface area contributed by atoms with Gasteiger partial charge in [-0.25, -0.2) is 4.98 Å². The number of phenols is 1. The normalized spacial score (nSPS) is 11.2. The zero-order valence-electron chi connectivity index (χ0n) is 30.1. The minimum atomic E-state index is 0.182. The summed E-state index contributed by atoms with van der Waals surface area (Å²) in [4.78, 5) is 10.2. The van der Waals surface area contributed by atoms with Crippen LogP contribution < -0.4 is 0 Å². The van der Waals surface area contributed by atoms with Gasteiger partial charge in [-0.3, -0.25) is 9.55 Å².